The van der Waals surface area contributed by atoms with Crippen LogP contribution >= 0.6 is 0 Å². The molecule has 1 aliphatic carbocycles. The van der Waals surface area contributed by atoms with Crippen molar-refractivity contribution in [3.8, 4) is 0 Å². The van der Waals surface area contributed by atoms with E-state index in [-0.39, 0.29) is 6.42 Å². The molecule has 58 valence electrons. The second-order valence-corrected chi connectivity index (χ2v) is 2.82. The number of fused-ring (bicyclic) bond motifs is 1. The second-order valence-electron chi connectivity index (χ2n) is 2.82. The molecule has 0 aromatic heterocycles. The first-order valence-corrected chi connectivity index (χ1v) is 3.65. The van der Waals surface area contributed by atoms with Gasteiger partial charge in [0.15, 0.2) is 6.17 Å². The number of benzene rings is 1. The van der Waals surface area contributed by atoms with E-state index in [2.05, 4.69) is 0 Å². The van der Waals surface area contributed by atoms with E-state index in [1.807, 2.05) is 6.07 Å². The van der Waals surface area contributed by atoms with Crippen molar-refractivity contribution in [3.63, 3.8) is 0 Å². The minimum absolute atomic E-state index is 0.233. The molecular weight excluding hydrogens is 146 g/mol. The fourth-order valence-electron chi connectivity index (χ4n) is 1.50. The van der Waals surface area contributed by atoms with Crippen molar-refractivity contribution >= 4 is 0 Å². The van der Waals surface area contributed by atoms with Crippen LogP contribution < -0.4 is 0 Å². The summed E-state index contributed by atoms with van der Waals surface area (Å²) in [6.45, 7) is 0. The summed E-state index contributed by atoms with van der Waals surface area (Å²) in [5.41, 5.74) is 1.34. The summed E-state index contributed by atoms with van der Waals surface area (Å²) in [5, 5.41) is 0. The van der Waals surface area contributed by atoms with Crippen LogP contribution in [0.5, 0.6) is 0 Å². The van der Waals surface area contributed by atoms with Crippen molar-refractivity contribution in [2.45, 2.75) is 18.8 Å². The molecule has 0 bridgehead atoms. The normalized spacial score (nSPS) is 28.5. The maximum atomic E-state index is 12.9. The van der Waals surface area contributed by atoms with Crippen LogP contribution in [-0.4, -0.2) is 6.17 Å². The third kappa shape index (κ3) is 0.934. The molecule has 2 atom stereocenters. The minimum Gasteiger partial charge on any atom is -0.244 e. The van der Waals surface area contributed by atoms with Crippen LogP contribution in [0.4, 0.5) is 8.78 Å². The van der Waals surface area contributed by atoms with E-state index in [0.29, 0.717) is 5.56 Å². The first-order chi connectivity index (χ1) is 5.29. The summed E-state index contributed by atoms with van der Waals surface area (Å²) >= 11 is 0. The number of alkyl halides is 2. The van der Waals surface area contributed by atoms with Crippen LogP contribution in [0.3, 0.4) is 0 Å². The van der Waals surface area contributed by atoms with Gasteiger partial charge in [-0.05, 0) is 11.1 Å². The van der Waals surface area contributed by atoms with Crippen molar-refractivity contribution in [1.29, 1.82) is 0 Å². The fraction of sp³-hybridized carbons (Fsp3) is 0.333. The molecule has 0 fully saturated rings. The lowest BCUT2D eigenvalue weighted by molar-refractivity contribution is 0.187. The zero-order chi connectivity index (χ0) is 7.84. The maximum Gasteiger partial charge on any atom is 0.157 e. The molecule has 0 amide bonds. The monoisotopic (exact) mass is 154 g/mol. The van der Waals surface area contributed by atoms with Gasteiger partial charge in [0.2, 0.25) is 0 Å². The van der Waals surface area contributed by atoms with Crippen LogP contribution in [0.1, 0.15) is 17.3 Å². The van der Waals surface area contributed by atoms with Crippen molar-refractivity contribution in [1.82, 2.24) is 0 Å². The van der Waals surface area contributed by atoms with E-state index in [4.69, 9.17) is 0 Å². The highest BCUT2D eigenvalue weighted by atomic mass is 19.2. The molecule has 2 rings (SSSR count). The van der Waals surface area contributed by atoms with E-state index in [1.54, 1.807) is 18.2 Å². The van der Waals surface area contributed by atoms with Gasteiger partial charge in [0, 0.05) is 6.42 Å². The molecule has 1 aliphatic rings. The Balaban J connectivity index is 2.47. The molecular formula is C9H8F2. The molecule has 2 heteroatoms. The predicted molar refractivity (Wildman–Crippen MR) is 38.9 cm³/mol. The number of hydrogen-bond donors (Lipinski definition) is 0. The molecule has 0 N–H and O–H groups in total. The van der Waals surface area contributed by atoms with Crippen molar-refractivity contribution < 1.29 is 8.78 Å². The summed E-state index contributed by atoms with van der Waals surface area (Å²) < 4.78 is 25.7. The van der Waals surface area contributed by atoms with E-state index in [0.717, 1.165) is 5.56 Å². The van der Waals surface area contributed by atoms with E-state index < -0.39 is 12.3 Å². The van der Waals surface area contributed by atoms with E-state index in [9.17, 15) is 8.78 Å². The van der Waals surface area contributed by atoms with Crippen LogP contribution in [0.2, 0.25) is 0 Å². The molecule has 0 saturated heterocycles. The Labute approximate surface area is 63.9 Å². The van der Waals surface area contributed by atoms with E-state index in [1.165, 1.54) is 0 Å². The SMILES string of the molecule is F[C@@H]1Cc2ccccc2[C@@H]1F. The Kier molecular flexibility index (Phi) is 1.41. The lowest BCUT2D eigenvalue weighted by Gasteiger charge is -2.00. The summed E-state index contributed by atoms with van der Waals surface area (Å²) in [7, 11) is 0. The second kappa shape index (κ2) is 2.29. The quantitative estimate of drug-likeness (QED) is 0.538. The molecule has 11 heavy (non-hydrogen) atoms. The highest BCUT2D eigenvalue weighted by molar-refractivity contribution is 5.35. The lowest BCUT2D eigenvalue weighted by Crippen LogP contribution is -2.01. The fourth-order valence-corrected chi connectivity index (χ4v) is 1.50. The van der Waals surface area contributed by atoms with E-state index >= 15 is 0 Å². The summed E-state index contributed by atoms with van der Waals surface area (Å²) in [6.07, 6.45) is -2.49. The number of halogens is 2. The smallest absolute Gasteiger partial charge is 0.157 e. The molecule has 1 aromatic rings. The molecule has 0 spiro atoms. The van der Waals surface area contributed by atoms with Gasteiger partial charge in [0.25, 0.3) is 0 Å². The zero-order valence-electron chi connectivity index (χ0n) is 5.93. The molecule has 0 radical (unpaired) electrons. The van der Waals surface area contributed by atoms with Gasteiger partial charge in [-0.3, -0.25) is 0 Å². The first kappa shape index (κ1) is 6.77. The van der Waals surface area contributed by atoms with Crippen molar-refractivity contribution in [2.24, 2.45) is 0 Å². The van der Waals surface area contributed by atoms with Crippen molar-refractivity contribution in [2.75, 3.05) is 0 Å². The van der Waals surface area contributed by atoms with Crippen molar-refractivity contribution in [3.05, 3.63) is 35.4 Å². The predicted octanol–water partition coefficient (Wildman–Crippen LogP) is 2.59. The third-order valence-electron chi connectivity index (χ3n) is 2.08. The Morgan fingerprint density at radius 3 is 2.64 bits per heavy atom. The largest absolute Gasteiger partial charge is 0.244 e. The molecule has 0 nitrogen and oxygen atoms in total. The van der Waals surface area contributed by atoms with Gasteiger partial charge in [-0.25, -0.2) is 8.78 Å². The minimum atomic E-state index is -1.40. The van der Waals surface area contributed by atoms with Gasteiger partial charge in [-0.2, -0.15) is 0 Å². The standard InChI is InChI=1S/C9H8F2/c10-8-5-6-3-1-2-4-7(6)9(8)11/h1-4,8-9H,5H2/t8-,9+/m1/s1. The van der Waals surface area contributed by atoms with Gasteiger partial charge < -0.3 is 0 Å². The molecule has 1 aromatic carbocycles. The molecule has 0 heterocycles. The van der Waals surface area contributed by atoms with Gasteiger partial charge in [0.05, 0.1) is 0 Å². The number of rotatable bonds is 0. The maximum absolute atomic E-state index is 12.9. The van der Waals surface area contributed by atoms with Gasteiger partial charge >= 0.3 is 0 Å². The van der Waals surface area contributed by atoms with Crippen LogP contribution in [-0.2, 0) is 6.42 Å². The Hall–Kier alpha value is -0.920. The topological polar surface area (TPSA) is 0 Å². The van der Waals surface area contributed by atoms with Gasteiger partial charge in [0.1, 0.15) is 6.17 Å². The molecule has 0 aliphatic heterocycles. The zero-order valence-corrected chi connectivity index (χ0v) is 5.93. The first-order valence-electron chi connectivity index (χ1n) is 3.65. The molecule has 0 saturated carbocycles. The summed E-state index contributed by atoms with van der Waals surface area (Å²) in [6, 6.07) is 6.98. The van der Waals surface area contributed by atoms with Gasteiger partial charge in [-0.15, -0.1) is 0 Å². The molecule has 0 unspecified atom stereocenters. The third-order valence-corrected chi connectivity index (χ3v) is 2.08. The average Bonchev–Trinajstić information content (AvgIpc) is 2.30. The van der Waals surface area contributed by atoms with Gasteiger partial charge in [-0.1, -0.05) is 24.3 Å². The van der Waals surface area contributed by atoms with Crippen LogP contribution in [0.25, 0.3) is 0 Å². The highest BCUT2D eigenvalue weighted by Gasteiger charge is 2.31. The van der Waals surface area contributed by atoms with Crippen LogP contribution in [0, 0.1) is 0 Å². The Morgan fingerprint density at radius 2 is 1.91 bits per heavy atom. The number of hydrogen-bond acceptors (Lipinski definition) is 0. The van der Waals surface area contributed by atoms with Crippen LogP contribution in [0.15, 0.2) is 24.3 Å². The lowest BCUT2D eigenvalue weighted by atomic mass is 10.1. The highest BCUT2D eigenvalue weighted by Crippen LogP contribution is 2.35. The average molecular weight is 154 g/mol. The Morgan fingerprint density at radius 1 is 1.18 bits per heavy atom. The summed E-state index contributed by atoms with van der Waals surface area (Å²) in [5.74, 6) is 0. The Bertz CT molecular complexity index is 270. The summed E-state index contributed by atoms with van der Waals surface area (Å²) in [4.78, 5) is 0.